The second kappa shape index (κ2) is 5.12. The summed E-state index contributed by atoms with van der Waals surface area (Å²) in [5, 5.41) is 12.1. The molecule has 1 fully saturated rings. The summed E-state index contributed by atoms with van der Waals surface area (Å²) in [6, 6.07) is 9.30. The van der Waals surface area contributed by atoms with Gasteiger partial charge in [0, 0.05) is 6.42 Å². The van der Waals surface area contributed by atoms with Crippen LogP contribution in [-0.2, 0) is 4.79 Å². The van der Waals surface area contributed by atoms with Crippen LogP contribution in [0.25, 0.3) is 0 Å². The molecule has 86 valence electrons. The van der Waals surface area contributed by atoms with Gasteiger partial charge in [0.1, 0.15) is 0 Å². The summed E-state index contributed by atoms with van der Waals surface area (Å²) < 4.78 is 0. The first-order valence-corrected chi connectivity index (χ1v) is 5.74. The first-order valence-electron chi connectivity index (χ1n) is 5.74. The van der Waals surface area contributed by atoms with Crippen molar-refractivity contribution in [2.45, 2.75) is 25.3 Å². The molecule has 1 aromatic rings. The van der Waals surface area contributed by atoms with E-state index in [1.165, 1.54) is 12.8 Å². The van der Waals surface area contributed by atoms with Gasteiger partial charge >= 0.3 is 0 Å². The summed E-state index contributed by atoms with van der Waals surface area (Å²) in [6.45, 7) is -0.0551. The van der Waals surface area contributed by atoms with Crippen LogP contribution in [0, 0.1) is 5.92 Å². The molecule has 1 aliphatic carbocycles. The summed E-state index contributed by atoms with van der Waals surface area (Å²) in [5.41, 5.74) is 0.953. The van der Waals surface area contributed by atoms with E-state index in [0.717, 1.165) is 5.56 Å². The molecule has 0 radical (unpaired) electrons. The zero-order valence-corrected chi connectivity index (χ0v) is 9.23. The second-order valence-corrected chi connectivity index (χ2v) is 4.36. The quantitative estimate of drug-likeness (QED) is 0.791. The third-order valence-electron chi connectivity index (χ3n) is 2.89. The number of nitrogens with one attached hydrogen (secondary N) is 1. The molecule has 0 bridgehead atoms. The fourth-order valence-electron chi connectivity index (χ4n) is 1.76. The molecule has 1 saturated carbocycles. The molecular formula is C13H17NO2. The standard InChI is InChI=1S/C13H17NO2/c15-9-12(11-4-2-1-3-5-11)14-13(16)8-10-6-7-10/h1-5,10,12,15H,6-9H2,(H,14,16)/t12-/m0/s1. The predicted octanol–water partition coefficient (Wildman–Crippen LogP) is 1.64. The van der Waals surface area contributed by atoms with Gasteiger partial charge in [-0.15, -0.1) is 0 Å². The Kier molecular flexibility index (Phi) is 3.57. The number of rotatable bonds is 5. The summed E-state index contributed by atoms with van der Waals surface area (Å²) in [5.74, 6) is 0.625. The van der Waals surface area contributed by atoms with Crippen molar-refractivity contribution >= 4 is 5.91 Å². The van der Waals surface area contributed by atoms with E-state index >= 15 is 0 Å². The maximum Gasteiger partial charge on any atom is 0.220 e. The number of hydrogen-bond donors (Lipinski definition) is 2. The highest BCUT2D eigenvalue weighted by Crippen LogP contribution is 2.32. The van der Waals surface area contributed by atoms with E-state index in [4.69, 9.17) is 0 Å². The van der Waals surface area contributed by atoms with Crippen LogP contribution < -0.4 is 5.32 Å². The molecule has 0 saturated heterocycles. The molecule has 16 heavy (non-hydrogen) atoms. The van der Waals surface area contributed by atoms with Crippen molar-refractivity contribution in [1.29, 1.82) is 0 Å². The lowest BCUT2D eigenvalue weighted by Crippen LogP contribution is -2.30. The van der Waals surface area contributed by atoms with Crippen LogP contribution >= 0.6 is 0 Å². The van der Waals surface area contributed by atoms with Crippen LogP contribution in [0.1, 0.15) is 30.9 Å². The van der Waals surface area contributed by atoms with E-state index in [2.05, 4.69) is 5.32 Å². The number of benzene rings is 1. The Labute approximate surface area is 95.5 Å². The number of aliphatic hydroxyl groups is 1. The molecule has 1 aliphatic rings. The number of hydrogen-bond acceptors (Lipinski definition) is 2. The van der Waals surface area contributed by atoms with Crippen molar-refractivity contribution in [2.24, 2.45) is 5.92 Å². The van der Waals surface area contributed by atoms with Crippen LogP contribution in [0.4, 0.5) is 0 Å². The minimum absolute atomic E-state index is 0.0467. The minimum Gasteiger partial charge on any atom is -0.394 e. The first-order chi connectivity index (χ1) is 7.79. The molecule has 1 amide bonds. The second-order valence-electron chi connectivity index (χ2n) is 4.36. The molecule has 1 aromatic carbocycles. The van der Waals surface area contributed by atoms with Crippen molar-refractivity contribution in [3.8, 4) is 0 Å². The van der Waals surface area contributed by atoms with E-state index in [1.807, 2.05) is 30.3 Å². The molecule has 0 unspecified atom stereocenters. The number of amides is 1. The van der Waals surface area contributed by atoms with Gasteiger partial charge in [0.05, 0.1) is 12.6 Å². The fraction of sp³-hybridized carbons (Fsp3) is 0.462. The average Bonchev–Trinajstić information content (AvgIpc) is 3.11. The fourth-order valence-corrected chi connectivity index (χ4v) is 1.76. The normalized spacial score (nSPS) is 16.8. The monoisotopic (exact) mass is 219 g/mol. The molecule has 3 heteroatoms. The van der Waals surface area contributed by atoms with E-state index < -0.39 is 0 Å². The van der Waals surface area contributed by atoms with Crippen LogP contribution in [0.5, 0.6) is 0 Å². The molecule has 0 aromatic heterocycles. The average molecular weight is 219 g/mol. The van der Waals surface area contributed by atoms with E-state index in [9.17, 15) is 9.90 Å². The van der Waals surface area contributed by atoms with E-state index in [-0.39, 0.29) is 18.6 Å². The Morgan fingerprint density at radius 1 is 1.38 bits per heavy atom. The van der Waals surface area contributed by atoms with Crippen molar-refractivity contribution in [1.82, 2.24) is 5.32 Å². The van der Waals surface area contributed by atoms with Crippen molar-refractivity contribution in [2.75, 3.05) is 6.61 Å². The summed E-state index contributed by atoms with van der Waals surface area (Å²) >= 11 is 0. The zero-order chi connectivity index (χ0) is 11.4. The summed E-state index contributed by atoms with van der Waals surface area (Å²) in [7, 11) is 0. The molecule has 2 N–H and O–H groups in total. The highest BCUT2D eigenvalue weighted by Gasteiger charge is 2.25. The van der Waals surface area contributed by atoms with Crippen LogP contribution in [0.15, 0.2) is 30.3 Å². The van der Waals surface area contributed by atoms with Gasteiger partial charge < -0.3 is 10.4 Å². The molecule has 1 atom stereocenters. The topological polar surface area (TPSA) is 49.3 Å². The molecule has 0 heterocycles. The van der Waals surface area contributed by atoms with Crippen LogP contribution in [0.3, 0.4) is 0 Å². The molecule has 2 rings (SSSR count). The van der Waals surface area contributed by atoms with Gasteiger partial charge in [-0.3, -0.25) is 4.79 Å². The van der Waals surface area contributed by atoms with Crippen molar-refractivity contribution < 1.29 is 9.90 Å². The summed E-state index contributed by atoms with van der Waals surface area (Å²) in [4.78, 5) is 11.6. The smallest absolute Gasteiger partial charge is 0.220 e. The third-order valence-corrected chi connectivity index (χ3v) is 2.89. The van der Waals surface area contributed by atoms with Gasteiger partial charge in [0.2, 0.25) is 5.91 Å². The van der Waals surface area contributed by atoms with Gasteiger partial charge in [0.25, 0.3) is 0 Å². The van der Waals surface area contributed by atoms with Crippen LogP contribution in [0.2, 0.25) is 0 Å². The third kappa shape index (κ3) is 3.07. The molecular weight excluding hydrogens is 202 g/mol. The van der Waals surface area contributed by atoms with E-state index in [1.54, 1.807) is 0 Å². The molecule has 3 nitrogen and oxygen atoms in total. The van der Waals surface area contributed by atoms with Crippen molar-refractivity contribution in [3.05, 3.63) is 35.9 Å². The number of carbonyl (C=O) groups excluding carboxylic acids is 1. The SMILES string of the molecule is O=C(CC1CC1)N[C@@H](CO)c1ccccc1. The van der Waals surface area contributed by atoms with Gasteiger partial charge in [-0.05, 0) is 24.3 Å². The lowest BCUT2D eigenvalue weighted by Gasteiger charge is -2.16. The lowest BCUT2D eigenvalue weighted by atomic mass is 10.1. The Bertz CT molecular complexity index is 346. The predicted molar refractivity (Wildman–Crippen MR) is 61.8 cm³/mol. The van der Waals surface area contributed by atoms with E-state index in [0.29, 0.717) is 12.3 Å². The molecule has 0 aliphatic heterocycles. The number of aliphatic hydroxyl groups excluding tert-OH is 1. The highest BCUT2D eigenvalue weighted by molar-refractivity contribution is 5.77. The van der Waals surface area contributed by atoms with Gasteiger partial charge in [-0.2, -0.15) is 0 Å². The highest BCUT2D eigenvalue weighted by atomic mass is 16.3. The maximum atomic E-state index is 11.6. The lowest BCUT2D eigenvalue weighted by molar-refractivity contribution is -0.122. The van der Waals surface area contributed by atoms with Gasteiger partial charge in [0.15, 0.2) is 0 Å². The Morgan fingerprint density at radius 2 is 2.06 bits per heavy atom. The maximum absolute atomic E-state index is 11.6. The molecule has 0 spiro atoms. The van der Waals surface area contributed by atoms with Crippen molar-refractivity contribution in [3.63, 3.8) is 0 Å². The Morgan fingerprint density at radius 3 is 2.62 bits per heavy atom. The summed E-state index contributed by atoms with van der Waals surface area (Å²) in [6.07, 6.45) is 2.94. The largest absolute Gasteiger partial charge is 0.394 e. The van der Waals surface area contributed by atoms with Gasteiger partial charge in [-0.1, -0.05) is 30.3 Å². The van der Waals surface area contributed by atoms with Gasteiger partial charge in [-0.25, -0.2) is 0 Å². The Hall–Kier alpha value is -1.35. The van der Waals surface area contributed by atoms with Crippen LogP contribution in [-0.4, -0.2) is 17.6 Å². The minimum atomic E-state index is -0.271. The zero-order valence-electron chi connectivity index (χ0n) is 9.23. The number of carbonyl (C=O) groups is 1. The Balaban J connectivity index is 1.91. The first kappa shape index (κ1) is 11.1.